The average Bonchev–Trinajstić information content (AvgIpc) is 2.99. The zero-order valence-electron chi connectivity index (χ0n) is 10.8. The fourth-order valence-corrected chi connectivity index (χ4v) is 4.17. The van der Waals surface area contributed by atoms with Gasteiger partial charge < -0.3 is 14.6 Å². The van der Waals surface area contributed by atoms with Gasteiger partial charge in [0, 0.05) is 19.6 Å². The van der Waals surface area contributed by atoms with Crippen LogP contribution in [0.5, 0.6) is 0 Å². The van der Waals surface area contributed by atoms with E-state index in [1.165, 1.54) is 0 Å². The highest BCUT2D eigenvalue weighted by Crippen LogP contribution is 2.51. The number of ether oxygens (including phenoxy) is 2. The van der Waals surface area contributed by atoms with Crippen molar-refractivity contribution in [1.29, 1.82) is 0 Å². The SMILES string of the molecule is O=C(O)C1(C2CCOC3(CCOC3)C2)CCCC1. The molecule has 3 rings (SSSR count). The summed E-state index contributed by atoms with van der Waals surface area (Å²) < 4.78 is 11.4. The summed E-state index contributed by atoms with van der Waals surface area (Å²) in [5, 5.41) is 9.68. The van der Waals surface area contributed by atoms with Crippen LogP contribution in [0.3, 0.4) is 0 Å². The van der Waals surface area contributed by atoms with Crippen molar-refractivity contribution in [2.24, 2.45) is 11.3 Å². The zero-order valence-corrected chi connectivity index (χ0v) is 10.8. The first-order valence-corrected chi connectivity index (χ1v) is 7.12. The van der Waals surface area contributed by atoms with Crippen LogP contribution in [0.1, 0.15) is 44.9 Å². The highest BCUT2D eigenvalue weighted by molar-refractivity contribution is 5.75. The Balaban J connectivity index is 1.80. The van der Waals surface area contributed by atoms with Crippen LogP contribution in [0.2, 0.25) is 0 Å². The Kier molecular flexibility index (Phi) is 3.10. The van der Waals surface area contributed by atoms with E-state index in [1.807, 2.05) is 0 Å². The van der Waals surface area contributed by atoms with Crippen molar-refractivity contribution in [2.75, 3.05) is 19.8 Å². The molecule has 4 heteroatoms. The molecule has 0 aromatic carbocycles. The first-order chi connectivity index (χ1) is 8.67. The summed E-state index contributed by atoms with van der Waals surface area (Å²) in [7, 11) is 0. The van der Waals surface area contributed by atoms with Gasteiger partial charge in [-0.1, -0.05) is 12.8 Å². The number of hydrogen-bond acceptors (Lipinski definition) is 3. The van der Waals surface area contributed by atoms with Gasteiger partial charge in [0.25, 0.3) is 0 Å². The molecule has 18 heavy (non-hydrogen) atoms. The Bertz CT molecular complexity index is 327. The summed E-state index contributed by atoms with van der Waals surface area (Å²) in [5.41, 5.74) is -0.646. The highest BCUT2D eigenvalue weighted by Gasteiger charge is 2.53. The molecule has 0 bridgehead atoms. The molecule has 0 radical (unpaired) electrons. The zero-order chi connectivity index (χ0) is 12.6. The predicted molar refractivity (Wildman–Crippen MR) is 65.4 cm³/mol. The molecular formula is C14H22O4. The molecule has 102 valence electrons. The van der Waals surface area contributed by atoms with Gasteiger partial charge in [-0.25, -0.2) is 0 Å². The van der Waals surface area contributed by atoms with Crippen LogP contribution >= 0.6 is 0 Å². The number of hydrogen-bond donors (Lipinski definition) is 1. The average molecular weight is 254 g/mol. The maximum absolute atomic E-state index is 11.8. The van der Waals surface area contributed by atoms with E-state index in [0.29, 0.717) is 13.2 Å². The third-order valence-electron chi connectivity index (χ3n) is 5.26. The van der Waals surface area contributed by atoms with Gasteiger partial charge in [0.15, 0.2) is 0 Å². The van der Waals surface area contributed by atoms with Crippen molar-refractivity contribution in [1.82, 2.24) is 0 Å². The van der Waals surface area contributed by atoms with Gasteiger partial charge in [0.05, 0.1) is 17.6 Å². The minimum atomic E-state index is -0.582. The monoisotopic (exact) mass is 254 g/mol. The number of rotatable bonds is 2. The molecule has 1 saturated carbocycles. The molecule has 2 unspecified atom stereocenters. The first-order valence-electron chi connectivity index (χ1n) is 7.12. The lowest BCUT2D eigenvalue weighted by molar-refractivity contribution is -0.163. The lowest BCUT2D eigenvalue weighted by atomic mass is 9.67. The van der Waals surface area contributed by atoms with Crippen LogP contribution in [0, 0.1) is 11.3 Å². The fraction of sp³-hybridized carbons (Fsp3) is 0.929. The smallest absolute Gasteiger partial charge is 0.309 e. The van der Waals surface area contributed by atoms with Crippen LogP contribution in [-0.4, -0.2) is 36.5 Å². The fourth-order valence-electron chi connectivity index (χ4n) is 4.17. The van der Waals surface area contributed by atoms with Gasteiger partial charge in [-0.05, 0) is 31.6 Å². The van der Waals surface area contributed by atoms with Crippen molar-refractivity contribution < 1.29 is 19.4 Å². The van der Waals surface area contributed by atoms with Crippen LogP contribution in [0.25, 0.3) is 0 Å². The Morgan fingerprint density at radius 2 is 1.94 bits per heavy atom. The molecule has 1 aliphatic carbocycles. The van der Waals surface area contributed by atoms with Crippen molar-refractivity contribution in [3.63, 3.8) is 0 Å². The topological polar surface area (TPSA) is 55.8 Å². The Morgan fingerprint density at radius 3 is 2.56 bits per heavy atom. The van der Waals surface area contributed by atoms with Crippen LogP contribution in [-0.2, 0) is 14.3 Å². The molecule has 0 aromatic rings. The van der Waals surface area contributed by atoms with E-state index in [9.17, 15) is 9.90 Å². The molecule has 2 aliphatic heterocycles. The summed E-state index contributed by atoms with van der Waals surface area (Å²) in [4.78, 5) is 11.8. The van der Waals surface area contributed by atoms with Crippen LogP contribution < -0.4 is 0 Å². The number of aliphatic carboxylic acids is 1. The summed E-state index contributed by atoms with van der Waals surface area (Å²) in [6.07, 6.45) is 6.53. The second kappa shape index (κ2) is 4.49. The van der Waals surface area contributed by atoms with Crippen molar-refractivity contribution in [2.45, 2.75) is 50.5 Å². The Hall–Kier alpha value is -0.610. The van der Waals surface area contributed by atoms with E-state index in [-0.39, 0.29) is 11.5 Å². The summed E-state index contributed by atoms with van der Waals surface area (Å²) in [6, 6.07) is 0. The molecule has 0 aromatic heterocycles. The minimum absolute atomic E-state index is 0.173. The molecule has 1 N–H and O–H groups in total. The van der Waals surface area contributed by atoms with E-state index in [0.717, 1.165) is 51.6 Å². The van der Waals surface area contributed by atoms with E-state index >= 15 is 0 Å². The molecule has 2 heterocycles. The minimum Gasteiger partial charge on any atom is -0.481 e. The standard InChI is InChI=1S/C14H22O4/c15-12(16)14(4-1-2-5-14)11-3-7-18-13(9-11)6-8-17-10-13/h11H,1-10H2,(H,15,16). The molecular weight excluding hydrogens is 232 g/mol. The van der Waals surface area contributed by atoms with Gasteiger partial charge in [-0.2, -0.15) is 0 Å². The lowest BCUT2D eigenvalue weighted by Crippen LogP contribution is -2.47. The molecule has 0 amide bonds. The van der Waals surface area contributed by atoms with Gasteiger partial charge in [-0.15, -0.1) is 0 Å². The second-order valence-corrected chi connectivity index (χ2v) is 6.19. The number of carboxylic acids is 1. The third kappa shape index (κ3) is 1.86. The Labute approximate surface area is 108 Å². The number of carbonyl (C=O) groups is 1. The molecule has 2 atom stereocenters. The Morgan fingerprint density at radius 1 is 1.17 bits per heavy atom. The summed E-state index contributed by atoms with van der Waals surface area (Å²) in [6.45, 7) is 2.11. The normalized spacial score (nSPS) is 39.2. The molecule has 2 saturated heterocycles. The third-order valence-corrected chi connectivity index (χ3v) is 5.26. The van der Waals surface area contributed by atoms with E-state index in [4.69, 9.17) is 9.47 Å². The van der Waals surface area contributed by atoms with E-state index in [2.05, 4.69) is 0 Å². The molecule has 3 fully saturated rings. The predicted octanol–water partition coefficient (Wildman–Crippen LogP) is 2.22. The van der Waals surface area contributed by atoms with Crippen molar-refractivity contribution in [3.05, 3.63) is 0 Å². The quantitative estimate of drug-likeness (QED) is 0.821. The second-order valence-electron chi connectivity index (χ2n) is 6.19. The summed E-state index contributed by atoms with van der Waals surface area (Å²) in [5.74, 6) is -0.311. The molecule has 1 spiro atoms. The van der Waals surface area contributed by atoms with Crippen LogP contribution in [0.4, 0.5) is 0 Å². The number of carboxylic acid groups (broad SMARTS) is 1. The highest BCUT2D eigenvalue weighted by atomic mass is 16.6. The van der Waals surface area contributed by atoms with Gasteiger partial charge in [-0.3, -0.25) is 4.79 Å². The van der Waals surface area contributed by atoms with Crippen molar-refractivity contribution in [3.8, 4) is 0 Å². The molecule has 3 aliphatic rings. The van der Waals surface area contributed by atoms with Gasteiger partial charge >= 0.3 is 5.97 Å². The largest absolute Gasteiger partial charge is 0.481 e. The van der Waals surface area contributed by atoms with Gasteiger partial charge in [0.2, 0.25) is 0 Å². The van der Waals surface area contributed by atoms with Crippen LogP contribution in [0.15, 0.2) is 0 Å². The van der Waals surface area contributed by atoms with E-state index in [1.54, 1.807) is 0 Å². The van der Waals surface area contributed by atoms with Gasteiger partial charge in [0.1, 0.15) is 0 Å². The van der Waals surface area contributed by atoms with Crippen molar-refractivity contribution >= 4 is 5.97 Å². The molecule has 4 nitrogen and oxygen atoms in total. The lowest BCUT2D eigenvalue weighted by Gasteiger charge is -2.43. The first kappa shape index (κ1) is 12.4. The maximum atomic E-state index is 11.8. The summed E-state index contributed by atoms with van der Waals surface area (Å²) >= 11 is 0. The maximum Gasteiger partial charge on any atom is 0.309 e. The van der Waals surface area contributed by atoms with E-state index < -0.39 is 11.4 Å².